The summed E-state index contributed by atoms with van der Waals surface area (Å²) in [4.78, 5) is 0. The highest BCUT2D eigenvalue weighted by molar-refractivity contribution is 5.43. The summed E-state index contributed by atoms with van der Waals surface area (Å²) in [5, 5.41) is 7.39. The lowest BCUT2D eigenvalue weighted by Gasteiger charge is -2.33. The second-order valence-corrected chi connectivity index (χ2v) is 4.77. The Hall–Kier alpha value is -1.29. The van der Waals surface area contributed by atoms with E-state index in [1.165, 1.54) is 0 Å². The average Bonchev–Trinajstić information content (AvgIpc) is 2.62. The van der Waals surface area contributed by atoms with Crippen molar-refractivity contribution in [3.05, 3.63) is 11.4 Å². The number of ether oxygens (including phenoxy) is 2. The first-order valence-electron chi connectivity index (χ1n) is 5.89. The van der Waals surface area contributed by atoms with E-state index in [-0.39, 0.29) is 0 Å². The molecule has 0 aliphatic carbocycles. The van der Waals surface area contributed by atoms with Crippen LogP contribution in [-0.2, 0) is 9.47 Å². The molecular weight excluding hydrogens is 415 g/mol. The molecule has 1 saturated heterocycles. The van der Waals surface area contributed by atoms with Crippen molar-refractivity contribution in [2.45, 2.75) is 49.3 Å². The number of fused-ring (bicyclic) bond motifs is 1. The predicted octanol–water partition coefficient (Wildman–Crippen LogP) is 4.28. The second kappa shape index (κ2) is 5.85. The number of alkyl halides is 12. The van der Waals surface area contributed by atoms with Gasteiger partial charge in [0.15, 0.2) is 6.36 Å². The summed E-state index contributed by atoms with van der Waals surface area (Å²) in [7, 11) is 0. The third-order valence-corrected chi connectivity index (χ3v) is 2.87. The third-order valence-electron chi connectivity index (χ3n) is 2.87. The third kappa shape index (κ3) is 3.00. The molecule has 26 heavy (non-hydrogen) atoms. The van der Waals surface area contributed by atoms with Gasteiger partial charge in [-0.25, -0.2) is 8.78 Å². The Labute approximate surface area is 134 Å². The van der Waals surface area contributed by atoms with Crippen molar-refractivity contribution < 1.29 is 71.7 Å². The molecule has 2 rings (SSSR count). The van der Waals surface area contributed by atoms with Gasteiger partial charge < -0.3 is 5.11 Å². The van der Waals surface area contributed by atoms with Crippen molar-refractivity contribution in [2.75, 3.05) is 0 Å². The quantitative estimate of drug-likeness (QED) is 0.595. The lowest BCUT2D eigenvalue weighted by atomic mass is 9.89. The summed E-state index contributed by atoms with van der Waals surface area (Å²) < 4.78 is 170. The van der Waals surface area contributed by atoms with E-state index in [2.05, 4.69) is 9.47 Å². The molecule has 3 nitrogen and oxygen atoms in total. The normalized spacial score (nSPS) is 30.6. The number of aliphatic hydroxyl groups is 1. The maximum absolute atomic E-state index is 13.7. The maximum Gasteiger partial charge on any atom is 0.431 e. The van der Waals surface area contributed by atoms with Crippen molar-refractivity contribution in [3.63, 3.8) is 0 Å². The van der Waals surface area contributed by atoms with Gasteiger partial charge in [0.05, 0.1) is 5.57 Å². The molecule has 0 saturated carbocycles. The fraction of sp³-hybridized carbons (Fsp3) is 0.800. The van der Waals surface area contributed by atoms with Gasteiger partial charge in [0.25, 0.3) is 5.60 Å². The molecule has 2 heterocycles. The van der Waals surface area contributed by atoms with Crippen LogP contribution < -0.4 is 0 Å². The Bertz CT molecular complexity index is 573. The lowest BCUT2D eigenvalue weighted by molar-refractivity contribution is -0.436. The van der Waals surface area contributed by atoms with Gasteiger partial charge in [-0.1, -0.05) is 0 Å². The molecule has 0 aromatic rings. The summed E-state index contributed by atoms with van der Waals surface area (Å²) in [5.74, 6) is -9.58. The van der Waals surface area contributed by atoms with Crippen LogP contribution in [0.5, 0.6) is 0 Å². The standard InChI is InChI=1S/C8F12O2.C2H5FO/c9-2-1-3(6(13,14)15,7(16,17)18)21-8(19,20)4(1,10)22-5(2,11)12;1-2(3)4/h;2,4H,1H3. The molecular formula is C10H5F13O3. The van der Waals surface area contributed by atoms with E-state index >= 15 is 0 Å². The van der Waals surface area contributed by atoms with Gasteiger partial charge in [-0.3, -0.25) is 9.47 Å². The Morgan fingerprint density at radius 1 is 0.885 bits per heavy atom. The monoisotopic (exact) mass is 420 g/mol. The van der Waals surface area contributed by atoms with E-state index in [4.69, 9.17) is 5.11 Å². The molecule has 1 fully saturated rings. The summed E-state index contributed by atoms with van der Waals surface area (Å²) in [6, 6.07) is 0. The van der Waals surface area contributed by atoms with Crippen LogP contribution in [0.2, 0.25) is 0 Å². The molecule has 0 amide bonds. The van der Waals surface area contributed by atoms with Gasteiger partial charge in [-0.2, -0.15) is 48.3 Å². The van der Waals surface area contributed by atoms with E-state index in [1.54, 1.807) is 0 Å². The fourth-order valence-corrected chi connectivity index (χ4v) is 2.01. The Morgan fingerprint density at radius 3 is 1.54 bits per heavy atom. The van der Waals surface area contributed by atoms with Gasteiger partial charge >= 0.3 is 30.4 Å². The predicted molar refractivity (Wildman–Crippen MR) is 51.7 cm³/mol. The molecule has 2 aliphatic rings. The number of hydrogen-bond donors (Lipinski definition) is 1. The van der Waals surface area contributed by atoms with Crippen LogP contribution in [0, 0.1) is 0 Å². The lowest BCUT2D eigenvalue weighted by Crippen LogP contribution is -2.58. The average molecular weight is 420 g/mol. The van der Waals surface area contributed by atoms with E-state index in [9.17, 15) is 57.1 Å². The van der Waals surface area contributed by atoms with Crippen LogP contribution in [0.4, 0.5) is 57.1 Å². The Kier molecular flexibility index (Phi) is 5.12. The molecule has 0 aromatic carbocycles. The molecule has 16 heteroatoms. The molecule has 2 unspecified atom stereocenters. The van der Waals surface area contributed by atoms with E-state index in [0.717, 1.165) is 6.92 Å². The molecule has 2 aliphatic heterocycles. The molecule has 1 N–H and O–H groups in total. The second-order valence-electron chi connectivity index (χ2n) is 4.77. The summed E-state index contributed by atoms with van der Waals surface area (Å²) >= 11 is 0. The zero-order valence-corrected chi connectivity index (χ0v) is 11.8. The molecule has 0 spiro atoms. The van der Waals surface area contributed by atoms with E-state index < -0.39 is 53.8 Å². The Morgan fingerprint density at radius 2 is 1.23 bits per heavy atom. The first-order valence-corrected chi connectivity index (χ1v) is 5.89. The molecule has 0 bridgehead atoms. The zero-order valence-electron chi connectivity index (χ0n) is 11.8. The zero-order chi connectivity index (χ0) is 21.1. The number of rotatable bonds is 0. The number of aliphatic hydroxyl groups excluding tert-OH is 1. The van der Waals surface area contributed by atoms with E-state index in [0.29, 0.717) is 0 Å². The van der Waals surface area contributed by atoms with Crippen LogP contribution in [0.15, 0.2) is 11.4 Å². The molecule has 0 aromatic heterocycles. The van der Waals surface area contributed by atoms with Crippen molar-refractivity contribution in [2.24, 2.45) is 0 Å². The SMILES string of the molecule is CC(O)F.FC1=C2C(F)(OC1(F)F)C(F)(F)OC2(C(F)(F)F)C(F)(F)F. The largest absolute Gasteiger partial charge is 0.431 e. The van der Waals surface area contributed by atoms with E-state index in [1.807, 2.05) is 0 Å². The molecule has 154 valence electrons. The minimum absolute atomic E-state index is 1.06. The summed E-state index contributed by atoms with van der Waals surface area (Å²) in [6.45, 7) is 1.06. The van der Waals surface area contributed by atoms with Crippen LogP contribution in [0.1, 0.15) is 6.92 Å². The summed E-state index contributed by atoms with van der Waals surface area (Å²) in [6.07, 6.45) is -27.5. The van der Waals surface area contributed by atoms with Crippen LogP contribution in [0.3, 0.4) is 0 Å². The highest BCUT2D eigenvalue weighted by atomic mass is 19.4. The van der Waals surface area contributed by atoms with Crippen molar-refractivity contribution in [1.29, 1.82) is 0 Å². The first kappa shape index (κ1) is 22.8. The highest BCUT2D eigenvalue weighted by Crippen LogP contribution is 2.69. The topological polar surface area (TPSA) is 38.7 Å². The van der Waals surface area contributed by atoms with Gasteiger partial charge in [-0.05, 0) is 6.92 Å². The van der Waals surface area contributed by atoms with Crippen molar-refractivity contribution in [3.8, 4) is 0 Å². The molecule has 2 atom stereocenters. The fourth-order valence-electron chi connectivity index (χ4n) is 2.01. The van der Waals surface area contributed by atoms with Gasteiger partial charge in [-0.15, -0.1) is 0 Å². The molecule has 0 radical (unpaired) electrons. The van der Waals surface area contributed by atoms with Crippen molar-refractivity contribution >= 4 is 0 Å². The number of halogens is 13. The van der Waals surface area contributed by atoms with Crippen LogP contribution in [0.25, 0.3) is 0 Å². The van der Waals surface area contributed by atoms with Gasteiger partial charge in [0, 0.05) is 0 Å². The minimum atomic E-state index is -6.95. The van der Waals surface area contributed by atoms with Crippen LogP contribution in [-0.4, -0.2) is 47.5 Å². The van der Waals surface area contributed by atoms with Crippen LogP contribution >= 0.6 is 0 Å². The van der Waals surface area contributed by atoms with Crippen molar-refractivity contribution in [1.82, 2.24) is 0 Å². The van der Waals surface area contributed by atoms with Gasteiger partial charge in [0.1, 0.15) is 0 Å². The Balaban J connectivity index is 0.000000765. The number of hydrogen-bond acceptors (Lipinski definition) is 3. The minimum Gasteiger partial charge on any atom is -0.364 e. The smallest absolute Gasteiger partial charge is 0.364 e. The first-order chi connectivity index (χ1) is 11.2. The highest BCUT2D eigenvalue weighted by Gasteiger charge is 2.93. The maximum atomic E-state index is 13.7. The van der Waals surface area contributed by atoms with Gasteiger partial charge in [0.2, 0.25) is 5.83 Å². The summed E-state index contributed by atoms with van der Waals surface area (Å²) in [5.41, 5.74) is -10.0.